The van der Waals surface area contributed by atoms with Crippen LogP contribution in [0.25, 0.3) is 5.69 Å². The number of halogens is 1. The molecule has 1 aromatic carbocycles. The van der Waals surface area contributed by atoms with E-state index in [4.69, 9.17) is 4.42 Å². The molecule has 7 nitrogen and oxygen atoms in total. The van der Waals surface area contributed by atoms with E-state index in [0.29, 0.717) is 22.7 Å². The van der Waals surface area contributed by atoms with Crippen LogP contribution in [0.4, 0.5) is 10.5 Å². The van der Waals surface area contributed by atoms with Crippen LogP contribution in [0.2, 0.25) is 0 Å². The topological polar surface area (TPSA) is 76.2 Å². The molecule has 0 aliphatic heterocycles. The average Bonchev–Trinajstić information content (AvgIpc) is 3.20. The van der Waals surface area contributed by atoms with Gasteiger partial charge < -0.3 is 14.6 Å². The first-order valence-corrected chi connectivity index (χ1v) is 7.64. The van der Waals surface area contributed by atoms with Crippen molar-refractivity contribution in [2.24, 2.45) is 0 Å². The van der Waals surface area contributed by atoms with Gasteiger partial charge in [0, 0.05) is 12.7 Å². The summed E-state index contributed by atoms with van der Waals surface area (Å²) in [5.41, 5.74) is 1.51. The first-order chi connectivity index (χ1) is 11.1. The predicted molar refractivity (Wildman–Crippen MR) is 88.3 cm³/mol. The van der Waals surface area contributed by atoms with E-state index in [1.54, 1.807) is 37.6 Å². The molecule has 0 saturated heterocycles. The number of nitrogens with zero attached hydrogens (tertiary/aromatic N) is 4. The number of rotatable bonds is 4. The standard InChI is InChI=1S/C15H14BrN5O2/c1-20(10-13-6-7-14(16)23-13)15(22)19-11-2-4-12(5-3-11)21-17-8-9-18-21/h2-9H,10H2,1H3,(H,19,22). The van der Waals surface area contributed by atoms with Crippen molar-refractivity contribution in [3.8, 4) is 5.69 Å². The van der Waals surface area contributed by atoms with Gasteiger partial charge in [-0.05, 0) is 52.3 Å². The summed E-state index contributed by atoms with van der Waals surface area (Å²) < 4.78 is 6.03. The van der Waals surface area contributed by atoms with Crippen molar-refractivity contribution in [3.63, 3.8) is 0 Å². The van der Waals surface area contributed by atoms with Gasteiger partial charge in [0.15, 0.2) is 4.67 Å². The fraction of sp³-hybridized carbons (Fsp3) is 0.133. The zero-order chi connectivity index (χ0) is 16.2. The third kappa shape index (κ3) is 3.78. The zero-order valence-electron chi connectivity index (χ0n) is 12.3. The van der Waals surface area contributed by atoms with Gasteiger partial charge in [-0.25, -0.2) is 4.79 Å². The molecule has 0 aliphatic carbocycles. The van der Waals surface area contributed by atoms with Gasteiger partial charge in [0.1, 0.15) is 5.76 Å². The summed E-state index contributed by atoms with van der Waals surface area (Å²) in [4.78, 5) is 15.2. The summed E-state index contributed by atoms with van der Waals surface area (Å²) in [7, 11) is 1.70. The van der Waals surface area contributed by atoms with Gasteiger partial charge in [-0.2, -0.15) is 15.0 Å². The molecule has 2 heterocycles. The first-order valence-electron chi connectivity index (χ1n) is 6.85. The van der Waals surface area contributed by atoms with E-state index in [2.05, 4.69) is 31.4 Å². The van der Waals surface area contributed by atoms with E-state index in [-0.39, 0.29) is 6.03 Å². The molecule has 0 bridgehead atoms. The maximum absolute atomic E-state index is 12.2. The van der Waals surface area contributed by atoms with Crippen molar-refractivity contribution < 1.29 is 9.21 Å². The molecule has 0 saturated carbocycles. The van der Waals surface area contributed by atoms with Crippen LogP contribution in [0.15, 0.2) is 57.9 Å². The Morgan fingerprint density at radius 1 is 1.22 bits per heavy atom. The quantitative estimate of drug-likeness (QED) is 0.758. The molecule has 23 heavy (non-hydrogen) atoms. The lowest BCUT2D eigenvalue weighted by molar-refractivity contribution is 0.216. The van der Waals surface area contributed by atoms with Crippen molar-refractivity contribution >= 4 is 27.6 Å². The summed E-state index contributed by atoms with van der Waals surface area (Å²) in [6.45, 7) is 0.382. The second kappa shape index (κ2) is 6.66. The van der Waals surface area contributed by atoms with E-state index in [1.165, 1.54) is 9.70 Å². The zero-order valence-corrected chi connectivity index (χ0v) is 13.9. The minimum atomic E-state index is -0.220. The molecule has 0 unspecified atom stereocenters. The Morgan fingerprint density at radius 2 is 1.91 bits per heavy atom. The number of furan rings is 1. The Balaban J connectivity index is 1.61. The van der Waals surface area contributed by atoms with Crippen LogP contribution in [-0.2, 0) is 6.54 Å². The smallest absolute Gasteiger partial charge is 0.321 e. The highest BCUT2D eigenvalue weighted by Crippen LogP contribution is 2.16. The maximum atomic E-state index is 12.2. The molecule has 3 aromatic rings. The second-order valence-corrected chi connectivity index (χ2v) is 5.64. The fourth-order valence-corrected chi connectivity index (χ4v) is 2.33. The lowest BCUT2D eigenvalue weighted by atomic mass is 10.3. The number of hydrogen-bond donors (Lipinski definition) is 1. The van der Waals surface area contributed by atoms with Gasteiger partial charge in [0.25, 0.3) is 0 Å². The first kappa shape index (κ1) is 15.3. The van der Waals surface area contributed by atoms with Crippen LogP contribution in [0, 0.1) is 0 Å². The number of aromatic nitrogens is 3. The lowest BCUT2D eigenvalue weighted by Gasteiger charge is -2.16. The molecule has 1 N–H and O–H groups in total. The summed E-state index contributed by atoms with van der Waals surface area (Å²) >= 11 is 3.24. The third-order valence-corrected chi connectivity index (χ3v) is 3.56. The largest absolute Gasteiger partial charge is 0.452 e. The minimum absolute atomic E-state index is 0.220. The lowest BCUT2D eigenvalue weighted by Crippen LogP contribution is -2.30. The van der Waals surface area contributed by atoms with E-state index in [0.717, 1.165) is 5.69 Å². The van der Waals surface area contributed by atoms with Crippen LogP contribution in [0.1, 0.15) is 5.76 Å². The van der Waals surface area contributed by atoms with E-state index in [9.17, 15) is 4.79 Å². The number of carbonyl (C=O) groups excluding carboxylic acids is 1. The van der Waals surface area contributed by atoms with E-state index >= 15 is 0 Å². The van der Waals surface area contributed by atoms with Crippen LogP contribution in [0.3, 0.4) is 0 Å². The molecule has 118 valence electrons. The summed E-state index contributed by atoms with van der Waals surface area (Å²) in [5.74, 6) is 0.703. The number of urea groups is 1. The van der Waals surface area contributed by atoms with Gasteiger partial charge >= 0.3 is 6.03 Å². The van der Waals surface area contributed by atoms with Crippen molar-refractivity contribution in [2.45, 2.75) is 6.54 Å². The average molecular weight is 376 g/mol. The molecule has 0 radical (unpaired) electrons. The fourth-order valence-electron chi connectivity index (χ4n) is 1.99. The minimum Gasteiger partial charge on any atom is -0.452 e. The van der Waals surface area contributed by atoms with Gasteiger partial charge in [-0.1, -0.05) is 0 Å². The molecule has 0 fully saturated rings. The molecule has 3 rings (SSSR count). The van der Waals surface area contributed by atoms with Gasteiger partial charge in [-0.3, -0.25) is 0 Å². The SMILES string of the molecule is CN(Cc1ccc(Br)o1)C(=O)Nc1ccc(-n2nccn2)cc1. The van der Waals surface area contributed by atoms with Crippen LogP contribution < -0.4 is 5.32 Å². The maximum Gasteiger partial charge on any atom is 0.321 e. The Labute approximate surface area is 141 Å². The third-order valence-electron chi connectivity index (χ3n) is 3.14. The van der Waals surface area contributed by atoms with Gasteiger partial charge in [0.2, 0.25) is 0 Å². The summed E-state index contributed by atoms with van der Waals surface area (Å²) in [5, 5.41) is 10.9. The molecule has 8 heteroatoms. The Morgan fingerprint density at radius 3 is 2.52 bits per heavy atom. The highest BCUT2D eigenvalue weighted by molar-refractivity contribution is 9.10. The number of hydrogen-bond acceptors (Lipinski definition) is 4. The van der Waals surface area contributed by atoms with Crippen molar-refractivity contribution in [3.05, 3.63) is 59.2 Å². The molecule has 2 amide bonds. The van der Waals surface area contributed by atoms with E-state index in [1.807, 2.05) is 18.2 Å². The highest BCUT2D eigenvalue weighted by atomic mass is 79.9. The molecule has 0 atom stereocenters. The van der Waals surface area contributed by atoms with Crippen molar-refractivity contribution in [2.75, 3.05) is 12.4 Å². The van der Waals surface area contributed by atoms with Crippen LogP contribution in [0.5, 0.6) is 0 Å². The van der Waals surface area contributed by atoms with Crippen molar-refractivity contribution in [1.29, 1.82) is 0 Å². The summed E-state index contributed by atoms with van der Waals surface area (Å²) in [6, 6.07) is 10.7. The van der Waals surface area contributed by atoms with Crippen LogP contribution in [-0.4, -0.2) is 33.0 Å². The van der Waals surface area contributed by atoms with E-state index < -0.39 is 0 Å². The Hall–Kier alpha value is -2.61. The van der Waals surface area contributed by atoms with Crippen LogP contribution >= 0.6 is 15.9 Å². The van der Waals surface area contributed by atoms with Crippen molar-refractivity contribution in [1.82, 2.24) is 19.9 Å². The normalized spacial score (nSPS) is 10.5. The highest BCUT2D eigenvalue weighted by Gasteiger charge is 2.11. The second-order valence-electron chi connectivity index (χ2n) is 4.86. The molecule has 2 aromatic heterocycles. The number of nitrogens with one attached hydrogen (secondary N) is 1. The molecular weight excluding hydrogens is 362 g/mol. The number of carbonyl (C=O) groups is 1. The number of anilines is 1. The number of benzene rings is 1. The Kier molecular flexibility index (Phi) is 4.42. The summed E-state index contributed by atoms with van der Waals surface area (Å²) in [6.07, 6.45) is 3.22. The molecule has 0 aliphatic rings. The monoisotopic (exact) mass is 375 g/mol. The molecule has 0 spiro atoms. The number of amides is 2. The predicted octanol–water partition coefficient (Wildman–Crippen LogP) is 3.29. The Bertz CT molecular complexity index is 783. The van der Waals surface area contributed by atoms with Gasteiger partial charge in [-0.15, -0.1) is 0 Å². The molecular formula is C15H14BrN5O2. The van der Waals surface area contributed by atoms with Gasteiger partial charge in [0.05, 0.1) is 24.6 Å².